The van der Waals surface area contributed by atoms with Crippen LogP contribution in [0.1, 0.15) is 6.42 Å². The Morgan fingerprint density at radius 3 is 2.43 bits per heavy atom. The standard InChI is InChI=1S/C10H12F2N2/c11-8-2-1-3-9(12)10(8)14-5-4-7(13)6-14/h1-3,7H,4-6,13H2/t7-/m1/s1. The number of rotatable bonds is 1. The van der Waals surface area contributed by atoms with Crippen LogP contribution in [0.4, 0.5) is 14.5 Å². The zero-order valence-corrected chi connectivity index (χ0v) is 7.71. The summed E-state index contributed by atoms with van der Waals surface area (Å²) in [5.74, 6) is -1.03. The Morgan fingerprint density at radius 2 is 1.93 bits per heavy atom. The van der Waals surface area contributed by atoms with Gasteiger partial charge in [-0.05, 0) is 18.6 Å². The largest absolute Gasteiger partial charge is 0.365 e. The van der Waals surface area contributed by atoms with E-state index in [1.807, 2.05) is 0 Å². The van der Waals surface area contributed by atoms with Gasteiger partial charge in [-0.3, -0.25) is 0 Å². The molecule has 0 saturated carbocycles. The molecule has 0 amide bonds. The predicted molar refractivity (Wildman–Crippen MR) is 51.2 cm³/mol. The lowest BCUT2D eigenvalue weighted by Crippen LogP contribution is -2.27. The minimum Gasteiger partial charge on any atom is -0.365 e. The molecule has 2 N–H and O–H groups in total. The summed E-state index contributed by atoms with van der Waals surface area (Å²) in [6.07, 6.45) is 0.785. The van der Waals surface area contributed by atoms with Crippen LogP contribution in [0, 0.1) is 11.6 Å². The second-order valence-corrected chi connectivity index (χ2v) is 3.57. The van der Waals surface area contributed by atoms with Crippen LogP contribution in [0.3, 0.4) is 0 Å². The maximum atomic E-state index is 13.3. The predicted octanol–water partition coefficient (Wildman–Crippen LogP) is 1.50. The lowest BCUT2D eigenvalue weighted by Gasteiger charge is -2.19. The topological polar surface area (TPSA) is 29.3 Å². The third kappa shape index (κ3) is 1.57. The van der Waals surface area contributed by atoms with Gasteiger partial charge >= 0.3 is 0 Å². The van der Waals surface area contributed by atoms with Crippen molar-refractivity contribution >= 4 is 5.69 Å². The summed E-state index contributed by atoms with van der Waals surface area (Å²) in [5, 5.41) is 0. The van der Waals surface area contributed by atoms with E-state index in [1.54, 1.807) is 4.90 Å². The van der Waals surface area contributed by atoms with E-state index in [1.165, 1.54) is 18.2 Å². The van der Waals surface area contributed by atoms with Crippen molar-refractivity contribution in [2.45, 2.75) is 12.5 Å². The molecule has 2 nitrogen and oxygen atoms in total. The molecule has 1 heterocycles. The number of anilines is 1. The maximum absolute atomic E-state index is 13.3. The van der Waals surface area contributed by atoms with Crippen molar-refractivity contribution < 1.29 is 8.78 Å². The van der Waals surface area contributed by atoms with Crippen LogP contribution < -0.4 is 10.6 Å². The van der Waals surface area contributed by atoms with E-state index in [4.69, 9.17) is 5.73 Å². The van der Waals surface area contributed by atoms with Crippen molar-refractivity contribution in [3.05, 3.63) is 29.8 Å². The number of nitrogens with zero attached hydrogens (tertiary/aromatic N) is 1. The summed E-state index contributed by atoms with van der Waals surface area (Å²) < 4.78 is 26.6. The zero-order chi connectivity index (χ0) is 10.1. The van der Waals surface area contributed by atoms with Crippen molar-refractivity contribution in [2.75, 3.05) is 18.0 Å². The molecule has 14 heavy (non-hydrogen) atoms. The minimum atomic E-state index is -0.515. The Labute approximate surface area is 81.3 Å². The number of nitrogens with two attached hydrogens (primary N) is 1. The molecule has 1 fully saturated rings. The smallest absolute Gasteiger partial charge is 0.149 e. The number of halogens is 2. The van der Waals surface area contributed by atoms with E-state index >= 15 is 0 Å². The van der Waals surface area contributed by atoms with Crippen LogP contribution in [-0.2, 0) is 0 Å². The fraction of sp³-hybridized carbons (Fsp3) is 0.400. The number of para-hydroxylation sites is 1. The molecular weight excluding hydrogens is 186 g/mol. The van der Waals surface area contributed by atoms with E-state index in [9.17, 15) is 8.78 Å². The van der Waals surface area contributed by atoms with Gasteiger partial charge in [0.15, 0.2) is 0 Å². The molecular formula is C10H12F2N2. The van der Waals surface area contributed by atoms with Gasteiger partial charge in [0.2, 0.25) is 0 Å². The van der Waals surface area contributed by atoms with Crippen LogP contribution >= 0.6 is 0 Å². The first kappa shape index (κ1) is 9.40. The second-order valence-electron chi connectivity index (χ2n) is 3.57. The second kappa shape index (κ2) is 3.53. The molecule has 1 aromatic carbocycles. The van der Waals surface area contributed by atoms with Gasteiger partial charge in [-0.1, -0.05) is 6.07 Å². The summed E-state index contributed by atoms with van der Waals surface area (Å²) in [4.78, 5) is 1.66. The highest BCUT2D eigenvalue weighted by molar-refractivity contribution is 5.50. The summed E-state index contributed by atoms with van der Waals surface area (Å²) in [7, 11) is 0. The van der Waals surface area contributed by atoms with Crippen molar-refractivity contribution in [3.63, 3.8) is 0 Å². The normalized spacial score (nSPS) is 21.6. The zero-order valence-electron chi connectivity index (χ0n) is 7.71. The van der Waals surface area contributed by atoms with Crippen LogP contribution in [0.2, 0.25) is 0 Å². The lowest BCUT2D eigenvalue weighted by molar-refractivity contribution is 0.577. The lowest BCUT2D eigenvalue weighted by atomic mass is 10.2. The van der Waals surface area contributed by atoms with Crippen molar-refractivity contribution in [3.8, 4) is 0 Å². The summed E-state index contributed by atoms with van der Waals surface area (Å²) in [6.45, 7) is 1.15. The minimum absolute atomic E-state index is 0.0222. The number of benzene rings is 1. The molecule has 0 aromatic heterocycles. The van der Waals surface area contributed by atoms with Gasteiger partial charge in [0.1, 0.15) is 17.3 Å². The van der Waals surface area contributed by atoms with Gasteiger partial charge in [0.25, 0.3) is 0 Å². The van der Waals surface area contributed by atoms with E-state index < -0.39 is 11.6 Å². The Hall–Kier alpha value is -1.16. The van der Waals surface area contributed by atoms with Crippen molar-refractivity contribution in [1.29, 1.82) is 0 Å². The highest BCUT2D eigenvalue weighted by Crippen LogP contribution is 2.25. The van der Waals surface area contributed by atoms with Crippen molar-refractivity contribution in [2.24, 2.45) is 5.73 Å². The number of hydrogen-bond acceptors (Lipinski definition) is 2. The van der Waals surface area contributed by atoms with Crippen LogP contribution in [-0.4, -0.2) is 19.1 Å². The molecule has 1 aliphatic rings. The molecule has 0 radical (unpaired) electrons. The molecule has 4 heteroatoms. The first-order valence-electron chi connectivity index (χ1n) is 4.63. The van der Waals surface area contributed by atoms with Gasteiger partial charge in [-0.15, -0.1) is 0 Å². The summed E-state index contributed by atoms with van der Waals surface area (Å²) in [5.41, 5.74) is 5.73. The van der Waals surface area contributed by atoms with Gasteiger partial charge in [0.05, 0.1) is 0 Å². The fourth-order valence-corrected chi connectivity index (χ4v) is 1.78. The molecule has 1 aromatic rings. The van der Waals surface area contributed by atoms with Gasteiger partial charge < -0.3 is 10.6 Å². The van der Waals surface area contributed by atoms with E-state index in [-0.39, 0.29) is 11.7 Å². The van der Waals surface area contributed by atoms with Gasteiger partial charge in [-0.2, -0.15) is 0 Å². The molecule has 0 bridgehead atoms. The molecule has 0 aliphatic carbocycles. The first-order chi connectivity index (χ1) is 6.68. The molecule has 76 valence electrons. The van der Waals surface area contributed by atoms with Crippen LogP contribution in [0.15, 0.2) is 18.2 Å². The summed E-state index contributed by atoms with van der Waals surface area (Å²) in [6, 6.07) is 3.92. The molecule has 1 atom stereocenters. The monoisotopic (exact) mass is 198 g/mol. The molecule has 2 rings (SSSR count). The Kier molecular flexibility index (Phi) is 2.37. The third-order valence-electron chi connectivity index (χ3n) is 2.48. The number of hydrogen-bond donors (Lipinski definition) is 1. The maximum Gasteiger partial charge on any atom is 0.149 e. The van der Waals surface area contributed by atoms with E-state index in [0.29, 0.717) is 13.1 Å². The quantitative estimate of drug-likeness (QED) is 0.741. The van der Waals surface area contributed by atoms with Gasteiger partial charge in [0, 0.05) is 19.1 Å². The molecule has 0 unspecified atom stereocenters. The SMILES string of the molecule is N[C@@H]1CCN(c2c(F)cccc2F)C1. The highest BCUT2D eigenvalue weighted by Gasteiger charge is 2.23. The first-order valence-corrected chi connectivity index (χ1v) is 4.63. The molecule has 0 spiro atoms. The van der Waals surface area contributed by atoms with Crippen LogP contribution in [0.25, 0.3) is 0 Å². The average molecular weight is 198 g/mol. The Morgan fingerprint density at radius 1 is 1.29 bits per heavy atom. The Bertz CT molecular complexity index is 321. The van der Waals surface area contributed by atoms with E-state index in [2.05, 4.69) is 0 Å². The average Bonchev–Trinajstić information content (AvgIpc) is 2.51. The Balaban J connectivity index is 2.31. The van der Waals surface area contributed by atoms with Crippen molar-refractivity contribution in [1.82, 2.24) is 0 Å². The van der Waals surface area contributed by atoms with Gasteiger partial charge in [-0.25, -0.2) is 8.78 Å². The fourth-order valence-electron chi connectivity index (χ4n) is 1.78. The van der Waals surface area contributed by atoms with E-state index in [0.717, 1.165) is 6.42 Å². The summed E-state index contributed by atoms with van der Waals surface area (Å²) >= 11 is 0. The van der Waals surface area contributed by atoms with Crippen LogP contribution in [0.5, 0.6) is 0 Å². The third-order valence-corrected chi connectivity index (χ3v) is 2.48. The molecule has 1 saturated heterocycles. The molecule has 1 aliphatic heterocycles. The highest BCUT2D eigenvalue weighted by atomic mass is 19.1.